The minimum absolute atomic E-state index is 0.0304. The molecule has 126 valence electrons. The van der Waals surface area contributed by atoms with E-state index in [0.29, 0.717) is 6.42 Å². The van der Waals surface area contributed by atoms with Crippen LogP contribution in [-0.2, 0) is 26.0 Å². The number of alkyl halides is 1. The molecule has 1 unspecified atom stereocenters. The molecule has 0 spiro atoms. The minimum Gasteiger partial charge on any atom is -0.445 e. The smallest absolute Gasteiger partial charge is 0.410 e. The van der Waals surface area contributed by atoms with Crippen LogP contribution in [-0.4, -0.2) is 54.6 Å². The summed E-state index contributed by atoms with van der Waals surface area (Å²) in [6, 6.07) is 8.65. The molecule has 0 saturated carbocycles. The average Bonchev–Trinajstić information content (AvgIpc) is 2.90. The molecule has 1 aliphatic heterocycles. The first-order valence-corrected chi connectivity index (χ1v) is 10.1. The van der Waals surface area contributed by atoms with E-state index < -0.39 is 22.0 Å². The Balaban J connectivity index is 2.03. The van der Waals surface area contributed by atoms with Gasteiger partial charge in [-0.3, -0.25) is 9.69 Å². The predicted octanol–water partition coefficient (Wildman–Crippen LogP) is 1.78. The molecule has 8 heteroatoms. The number of Topliss-reactive ketones (excluding diaryl/α,β-unsaturated/α-hetero) is 1. The quantitative estimate of drug-likeness (QED) is 0.676. The van der Waals surface area contributed by atoms with Crippen molar-refractivity contribution in [1.29, 1.82) is 0 Å². The molecule has 1 saturated heterocycles. The van der Waals surface area contributed by atoms with Crippen LogP contribution in [0.5, 0.6) is 0 Å². The highest BCUT2D eigenvalue weighted by atomic mass is 79.9. The molecule has 23 heavy (non-hydrogen) atoms. The molecule has 0 aliphatic carbocycles. The zero-order valence-corrected chi connectivity index (χ0v) is 14.9. The normalized spacial score (nSPS) is 19.3. The van der Waals surface area contributed by atoms with Gasteiger partial charge in [0.25, 0.3) is 0 Å². The van der Waals surface area contributed by atoms with Crippen LogP contribution in [0.3, 0.4) is 0 Å². The summed E-state index contributed by atoms with van der Waals surface area (Å²) in [7, 11) is -3.16. The molecule has 1 atom stereocenters. The first-order chi connectivity index (χ1) is 10.9. The summed E-state index contributed by atoms with van der Waals surface area (Å²) in [6.07, 6.45) is -0.330. The Morgan fingerprint density at radius 3 is 2.52 bits per heavy atom. The van der Waals surface area contributed by atoms with E-state index in [1.807, 2.05) is 30.3 Å². The standard InChI is InChI=1S/C15H18BrNO5S/c16-8-14(18)9-17(13-6-7-23(20,21)11-13)15(19)22-10-12-4-2-1-3-5-12/h1-5,13H,6-11H2. The molecule has 0 bridgehead atoms. The van der Waals surface area contributed by atoms with Crippen molar-refractivity contribution in [3.8, 4) is 0 Å². The van der Waals surface area contributed by atoms with Crippen molar-refractivity contribution in [3.05, 3.63) is 35.9 Å². The molecule has 6 nitrogen and oxygen atoms in total. The van der Waals surface area contributed by atoms with E-state index in [1.165, 1.54) is 4.90 Å². The zero-order valence-electron chi connectivity index (χ0n) is 12.5. The van der Waals surface area contributed by atoms with Gasteiger partial charge in [-0.25, -0.2) is 13.2 Å². The molecule has 1 aliphatic rings. The third-order valence-electron chi connectivity index (χ3n) is 3.58. The minimum atomic E-state index is -3.16. The number of hydrogen-bond donors (Lipinski definition) is 0. The molecule has 1 heterocycles. The second kappa shape index (κ2) is 7.92. The van der Waals surface area contributed by atoms with Crippen LogP contribution in [0, 0.1) is 0 Å². The van der Waals surface area contributed by atoms with Crippen LogP contribution in [0.1, 0.15) is 12.0 Å². The first kappa shape index (κ1) is 17.9. The summed E-state index contributed by atoms with van der Waals surface area (Å²) in [4.78, 5) is 25.2. The van der Waals surface area contributed by atoms with Gasteiger partial charge in [-0.05, 0) is 12.0 Å². The van der Waals surface area contributed by atoms with E-state index in [2.05, 4.69) is 15.9 Å². The SMILES string of the molecule is O=C(CBr)CN(C(=O)OCc1ccccc1)C1CCS(=O)(=O)C1. The molecule has 1 aromatic carbocycles. The van der Waals surface area contributed by atoms with E-state index in [9.17, 15) is 18.0 Å². The van der Waals surface area contributed by atoms with Gasteiger partial charge >= 0.3 is 6.09 Å². The van der Waals surface area contributed by atoms with Gasteiger partial charge in [-0.1, -0.05) is 46.3 Å². The Hall–Kier alpha value is -1.41. The van der Waals surface area contributed by atoms with Gasteiger partial charge in [0.15, 0.2) is 15.6 Å². The number of halogens is 1. The van der Waals surface area contributed by atoms with E-state index in [0.717, 1.165) is 5.56 Å². The fourth-order valence-corrected chi connectivity index (χ4v) is 4.31. The third-order valence-corrected chi connectivity index (χ3v) is 5.96. The second-order valence-electron chi connectivity index (χ2n) is 5.40. The van der Waals surface area contributed by atoms with Gasteiger partial charge in [-0.15, -0.1) is 0 Å². The number of hydrogen-bond acceptors (Lipinski definition) is 5. The number of carbonyl (C=O) groups is 2. The molecule has 2 rings (SSSR count). The second-order valence-corrected chi connectivity index (χ2v) is 8.19. The maximum Gasteiger partial charge on any atom is 0.410 e. The Labute approximate surface area is 143 Å². The predicted molar refractivity (Wildman–Crippen MR) is 89.2 cm³/mol. The summed E-state index contributed by atoms with van der Waals surface area (Å²) < 4.78 is 28.5. The van der Waals surface area contributed by atoms with Gasteiger partial charge < -0.3 is 4.74 Å². The largest absolute Gasteiger partial charge is 0.445 e. The van der Waals surface area contributed by atoms with Crippen molar-refractivity contribution >= 4 is 37.6 Å². The van der Waals surface area contributed by atoms with Crippen LogP contribution in [0.25, 0.3) is 0 Å². The first-order valence-electron chi connectivity index (χ1n) is 7.16. The van der Waals surface area contributed by atoms with Crippen LogP contribution in [0.15, 0.2) is 30.3 Å². The molecule has 0 N–H and O–H groups in total. The van der Waals surface area contributed by atoms with Crippen LogP contribution in [0.2, 0.25) is 0 Å². The highest BCUT2D eigenvalue weighted by molar-refractivity contribution is 9.09. The Morgan fingerprint density at radius 1 is 1.26 bits per heavy atom. The van der Waals surface area contributed by atoms with Gasteiger partial charge in [0, 0.05) is 0 Å². The number of ketones is 1. The number of ether oxygens (including phenoxy) is 1. The molecule has 1 amide bonds. The third kappa shape index (κ3) is 5.31. The number of benzene rings is 1. The fourth-order valence-electron chi connectivity index (χ4n) is 2.40. The summed E-state index contributed by atoms with van der Waals surface area (Å²) in [5.74, 6) is -0.294. The van der Waals surface area contributed by atoms with Crippen molar-refractivity contribution < 1.29 is 22.7 Å². The molecule has 0 radical (unpaired) electrons. The van der Waals surface area contributed by atoms with Crippen molar-refractivity contribution in [2.24, 2.45) is 0 Å². The number of carbonyl (C=O) groups excluding carboxylic acids is 2. The lowest BCUT2D eigenvalue weighted by molar-refractivity contribution is -0.117. The van der Waals surface area contributed by atoms with Crippen LogP contribution in [0.4, 0.5) is 4.79 Å². The lowest BCUT2D eigenvalue weighted by Gasteiger charge is -2.26. The zero-order chi connectivity index (χ0) is 16.9. The fraction of sp³-hybridized carbons (Fsp3) is 0.467. The Kier molecular flexibility index (Phi) is 6.17. The van der Waals surface area contributed by atoms with E-state index in [1.54, 1.807) is 0 Å². The maximum absolute atomic E-state index is 12.3. The molecule has 0 aromatic heterocycles. The lowest BCUT2D eigenvalue weighted by Crippen LogP contribution is -2.44. The highest BCUT2D eigenvalue weighted by Crippen LogP contribution is 2.19. The van der Waals surface area contributed by atoms with Crippen LogP contribution < -0.4 is 0 Å². The van der Waals surface area contributed by atoms with Crippen molar-refractivity contribution in [2.75, 3.05) is 23.4 Å². The monoisotopic (exact) mass is 403 g/mol. The van der Waals surface area contributed by atoms with Crippen molar-refractivity contribution in [1.82, 2.24) is 4.90 Å². The van der Waals surface area contributed by atoms with Crippen molar-refractivity contribution in [2.45, 2.75) is 19.1 Å². The number of nitrogens with zero attached hydrogens (tertiary/aromatic N) is 1. The van der Waals surface area contributed by atoms with Crippen molar-refractivity contribution in [3.63, 3.8) is 0 Å². The summed E-state index contributed by atoms with van der Waals surface area (Å²) >= 11 is 3.05. The average molecular weight is 404 g/mol. The van der Waals surface area contributed by atoms with Crippen LogP contribution >= 0.6 is 15.9 Å². The number of rotatable bonds is 6. The molecule has 1 fully saturated rings. The summed E-state index contributed by atoms with van der Waals surface area (Å²) in [5, 5.41) is 0.106. The Morgan fingerprint density at radius 2 is 1.96 bits per heavy atom. The van der Waals surface area contributed by atoms with E-state index in [-0.39, 0.29) is 35.8 Å². The maximum atomic E-state index is 12.3. The summed E-state index contributed by atoms with van der Waals surface area (Å²) in [6.45, 7) is -0.0722. The molecular formula is C15H18BrNO5S. The topological polar surface area (TPSA) is 80.8 Å². The van der Waals surface area contributed by atoms with E-state index in [4.69, 9.17) is 4.74 Å². The lowest BCUT2D eigenvalue weighted by atomic mass is 10.2. The number of sulfone groups is 1. The summed E-state index contributed by atoms with van der Waals surface area (Å²) in [5.41, 5.74) is 0.826. The van der Waals surface area contributed by atoms with Gasteiger partial charge in [0.1, 0.15) is 6.61 Å². The molecular weight excluding hydrogens is 386 g/mol. The molecule has 1 aromatic rings. The van der Waals surface area contributed by atoms with Gasteiger partial charge in [-0.2, -0.15) is 0 Å². The van der Waals surface area contributed by atoms with E-state index >= 15 is 0 Å². The Bertz CT molecular complexity index is 662. The number of amides is 1. The van der Waals surface area contributed by atoms with Gasteiger partial charge in [0.05, 0.1) is 29.4 Å². The van der Waals surface area contributed by atoms with Gasteiger partial charge in [0.2, 0.25) is 0 Å². The highest BCUT2D eigenvalue weighted by Gasteiger charge is 2.36.